The van der Waals surface area contributed by atoms with Crippen LogP contribution in [0.1, 0.15) is 5.89 Å². The maximum Gasteiger partial charge on any atom is 0.284 e. The van der Waals surface area contributed by atoms with Gasteiger partial charge in [-0.1, -0.05) is 18.2 Å². The van der Waals surface area contributed by atoms with Gasteiger partial charge in [0.2, 0.25) is 5.89 Å². The highest BCUT2D eigenvalue weighted by molar-refractivity contribution is 7.71. The summed E-state index contributed by atoms with van der Waals surface area (Å²) in [6.45, 7) is 0.357. The van der Waals surface area contributed by atoms with E-state index in [1.54, 1.807) is 10.9 Å². The average Bonchev–Trinajstić information content (AvgIpc) is 3.20. The van der Waals surface area contributed by atoms with Gasteiger partial charge in [-0.05, 0) is 24.4 Å². The van der Waals surface area contributed by atoms with Crippen LogP contribution in [0.25, 0.3) is 16.7 Å². The second-order valence-corrected chi connectivity index (χ2v) is 5.08. The molecule has 0 atom stereocenters. The molecule has 2 N–H and O–H groups in total. The molecular weight excluding hydrogens is 314 g/mol. The molecule has 0 aliphatic carbocycles. The van der Waals surface area contributed by atoms with E-state index >= 15 is 0 Å². The first-order chi connectivity index (χ1) is 11.3. The lowest BCUT2D eigenvalue weighted by Crippen LogP contribution is -2.03. The zero-order chi connectivity index (χ0) is 15.6. The number of anilines is 1. The van der Waals surface area contributed by atoms with E-state index in [0.717, 1.165) is 16.7 Å². The van der Waals surface area contributed by atoms with Crippen LogP contribution in [0.5, 0.6) is 0 Å². The number of benzene rings is 1. The highest BCUT2D eigenvalue weighted by Crippen LogP contribution is 2.21. The Morgan fingerprint density at radius 1 is 1.22 bits per heavy atom. The van der Waals surface area contributed by atoms with E-state index in [2.05, 4.69) is 30.6 Å². The van der Waals surface area contributed by atoms with Gasteiger partial charge in [0.1, 0.15) is 12.1 Å². The van der Waals surface area contributed by atoms with E-state index in [1.165, 1.54) is 6.33 Å². The first kappa shape index (κ1) is 13.6. The Kier molecular flexibility index (Phi) is 3.31. The number of para-hydroxylation sites is 1. The maximum absolute atomic E-state index is 5.21. The Balaban J connectivity index is 1.69. The second kappa shape index (κ2) is 5.61. The number of H-pyrrole nitrogens is 1. The normalized spacial score (nSPS) is 11.0. The van der Waals surface area contributed by atoms with Crippen LogP contribution in [0.15, 0.2) is 47.3 Å². The molecule has 0 spiro atoms. The van der Waals surface area contributed by atoms with Gasteiger partial charge >= 0.3 is 0 Å². The Morgan fingerprint density at radius 3 is 2.87 bits per heavy atom. The van der Waals surface area contributed by atoms with Gasteiger partial charge in [-0.2, -0.15) is 5.10 Å². The van der Waals surface area contributed by atoms with E-state index in [9.17, 15) is 0 Å². The number of hydrogen-bond donors (Lipinski definition) is 2. The Labute approximate surface area is 135 Å². The van der Waals surface area contributed by atoms with Gasteiger partial charge in [-0.25, -0.2) is 19.7 Å². The van der Waals surface area contributed by atoms with Crippen LogP contribution in [0.4, 0.5) is 5.82 Å². The van der Waals surface area contributed by atoms with Crippen LogP contribution in [0.3, 0.4) is 0 Å². The van der Waals surface area contributed by atoms with Gasteiger partial charge in [-0.3, -0.25) is 0 Å². The molecule has 3 heterocycles. The molecular formula is C14H11N7OS. The van der Waals surface area contributed by atoms with E-state index in [4.69, 9.17) is 16.6 Å². The summed E-state index contributed by atoms with van der Waals surface area (Å²) in [5, 5.41) is 14.9. The average molecular weight is 325 g/mol. The number of nitrogens with zero attached hydrogens (tertiary/aromatic N) is 5. The molecule has 9 heteroatoms. The third kappa shape index (κ3) is 2.57. The molecule has 4 rings (SSSR count). The summed E-state index contributed by atoms with van der Waals surface area (Å²) in [6.07, 6.45) is 3.22. The molecule has 0 bridgehead atoms. The van der Waals surface area contributed by atoms with E-state index in [1.807, 2.05) is 30.3 Å². The number of fused-ring (bicyclic) bond motifs is 1. The number of rotatable bonds is 4. The summed E-state index contributed by atoms with van der Waals surface area (Å²) in [5.74, 6) is 1.11. The van der Waals surface area contributed by atoms with Gasteiger partial charge in [0.25, 0.3) is 4.84 Å². The lowest BCUT2D eigenvalue weighted by atomic mass is 10.3. The third-order valence-electron chi connectivity index (χ3n) is 3.26. The first-order valence-electron chi connectivity index (χ1n) is 6.84. The van der Waals surface area contributed by atoms with Crippen LogP contribution < -0.4 is 5.32 Å². The van der Waals surface area contributed by atoms with Crippen LogP contribution in [-0.2, 0) is 6.54 Å². The largest absolute Gasteiger partial charge is 0.412 e. The fourth-order valence-electron chi connectivity index (χ4n) is 2.24. The topological polar surface area (TPSA) is 97.5 Å². The summed E-state index contributed by atoms with van der Waals surface area (Å²) in [7, 11) is 0. The third-order valence-corrected chi connectivity index (χ3v) is 3.43. The highest BCUT2D eigenvalue weighted by Gasteiger charge is 2.11. The summed E-state index contributed by atoms with van der Waals surface area (Å²) in [5.41, 5.74) is 1.65. The fourth-order valence-corrected chi connectivity index (χ4v) is 2.38. The number of aromatic nitrogens is 6. The van der Waals surface area contributed by atoms with Crippen molar-refractivity contribution in [3.63, 3.8) is 0 Å². The van der Waals surface area contributed by atoms with Crippen molar-refractivity contribution in [3.8, 4) is 5.69 Å². The van der Waals surface area contributed by atoms with Crippen molar-refractivity contribution in [2.45, 2.75) is 6.54 Å². The number of aromatic amines is 1. The summed E-state index contributed by atoms with van der Waals surface area (Å²) in [4.78, 5) is 8.82. The zero-order valence-electron chi connectivity index (χ0n) is 11.8. The Morgan fingerprint density at radius 2 is 2.09 bits per heavy atom. The van der Waals surface area contributed by atoms with Crippen molar-refractivity contribution in [1.29, 1.82) is 0 Å². The minimum Gasteiger partial charge on any atom is -0.412 e. The molecule has 0 amide bonds. The van der Waals surface area contributed by atoms with Crippen LogP contribution in [0.2, 0.25) is 0 Å². The fraction of sp³-hybridized carbons (Fsp3) is 0.0714. The predicted molar refractivity (Wildman–Crippen MR) is 85.7 cm³/mol. The molecule has 114 valence electrons. The highest BCUT2D eigenvalue weighted by atomic mass is 32.1. The SMILES string of the molecule is S=c1[nH]nc(CNc2ncnc3c2cnn3-c2ccccc2)o1. The van der Waals surface area contributed by atoms with Gasteiger partial charge in [0.15, 0.2) is 5.65 Å². The molecule has 0 fully saturated rings. The lowest BCUT2D eigenvalue weighted by Gasteiger charge is -2.05. The van der Waals surface area contributed by atoms with Crippen molar-refractivity contribution in [3.05, 3.63) is 53.6 Å². The van der Waals surface area contributed by atoms with Crippen molar-refractivity contribution in [1.82, 2.24) is 29.9 Å². The van der Waals surface area contributed by atoms with Crippen molar-refractivity contribution in [2.75, 3.05) is 5.32 Å². The minimum atomic E-state index is 0.242. The van der Waals surface area contributed by atoms with Gasteiger partial charge in [0.05, 0.1) is 23.8 Å². The molecule has 23 heavy (non-hydrogen) atoms. The first-order valence-corrected chi connectivity index (χ1v) is 7.24. The van der Waals surface area contributed by atoms with Gasteiger partial charge in [-0.15, -0.1) is 5.10 Å². The molecule has 0 radical (unpaired) electrons. The van der Waals surface area contributed by atoms with Crippen molar-refractivity contribution >= 4 is 29.1 Å². The van der Waals surface area contributed by atoms with E-state index in [0.29, 0.717) is 18.3 Å². The number of nitrogens with one attached hydrogen (secondary N) is 2. The summed E-state index contributed by atoms with van der Waals surface area (Å²) < 4.78 is 6.98. The Hall–Kier alpha value is -3.07. The molecule has 0 aliphatic heterocycles. The Bertz CT molecular complexity index is 1000. The van der Waals surface area contributed by atoms with Crippen LogP contribution >= 0.6 is 12.2 Å². The second-order valence-electron chi connectivity index (χ2n) is 4.71. The van der Waals surface area contributed by atoms with Crippen molar-refractivity contribution < 1.29 is 4.42 Å². The lowest BCUT2D eigenvalue weighted by molar-refractivity contribution is 0.488. The quantitative estimate of drug-likeness (QED) is 0.556. The molecule has 0 saturated carbocycles. The molecule has 0 unspecified atom stereocenters. The smallest absolute Gasteiger partial charge is 0.284 e. The van der Waals surface area contributed by atoms with Gasteiger partial charge in [0, 0.05) is 0 Å². The molecule has 8 nitrogen and oxygen atoms in total. The van der Waals surface area contributed by atoms with Crippen LogP contribution in [0, 0.1) is 4.84 Å². The monoisotopic (exact) mass is 325 g/mol. The summed E-state index contributed by atoms with van der Waals surface area (Å²) in [6, 6.07) is 9.80. The standard InChI is InChI=1S/C14H11N7OS/c23-14-20-19-11(22-14)7-15-12-10-6-18-21(13(10)17-8-16-12)9-4-2-1-3-5-9/h1-6,8H,7H2,(H,20,23)(H,15,16,17). The van der Waals surface area contributed by atoms with E-state index in [-0.39, 0.29) is 4.84 Å². The molecule has 3 aromatic heterocycles. The zero-order valence-corrected chi connectivity index (χ0v) is 12.6. The van der Waals surface area contributed by atoms with E-state index < -0.39 is 0 Å². The predicted octanol–water partition coefficient (Wildman–Crippen LogP) is 2.47. The molecule has 0 saturated heterocycles. The maximum atomic E-state index is 5.21. The molecule has 1 aromatic carbocycles. The molecule has 4 aromatic rings. The number of hydrogen-bond acceptors (Lipinski definition) is 7. The van der Waals surface area contributed by atoms with Crippen molar-refractivity contribution in [2.24, 2.45) is 0 Å². The van der Waals surface area contributed by atoms with Gasteiger partial charge < -0.3 is 9.73 Å². The summed E-state index contributed by atoms with van der Waals surface area (Å²) >= 11 is 4.85. The van der Waals surface area contributed by atoms with Crippen LogP contribution in [-0.4, -0.2) is 29.9 Å². The minimum absolute atomic E-state index is 0.242. The molecule has 0 aliphatic rings.